The van der Waals surface area contributed by atoms with Crippen molar-refractivity contribution in [2.45, 2.75) is 53.0 Å². The van der Waals surface area contributed by atoms with Crippen LogP contribution in [0.5, 0.6) is 0 Å². The van der Waals surface area contributed by atoms with Gasteiger partial charge in [0.05, 0.1) is 18.6 Å². The first-order valence-corrected chi connectivity index (χ1v) is 6.29. The van der Waals surface area contributed by atoms with Crippen LogP contribution in [0, 0.1) is 13.8 Å². The monoisotopic (exact) mass is 238 g/mol. The fourth-order valence-corrected chi connectivity index (χ4v) is 1.73. The van der Waals surface area contributed by atoms with Gasteiger partial charge in [0.15, 0.2) is 0 Å². The number of hydrogen-bond donors (Lipinski definition) is 0. The van der Waals surface area contributed by atoms with E-state index in [0.29, 0.717) is 13.0 Å². The summed E-state index contributed by atoms with van der Waals surface area (Å²) in [5, 5.41) is 0. The number of carbonyl (C=O) groups excluding carboxylic acids is 1. The van der Waals surface area contributed by atoms with Crippen LogP contribution in [-0.2, 0) is 16.1 Å². The predicted molar refractivity (Wildman–Crippen MR) is 66.8 cm³/mol. The first kappa shape index (κ1) is 13.7. The molecule has 1 heterocycles. The quantitative estimate of drug-likeness (QED) is 0.542. The van der Waals surface area contributed by atoms with Crippen LogP contribution in [0.3, 0.4) is 0 Å². The van der Waals surface area contributed by atoms with Crippen LogP contribution in [0.25, 0.3) is 0 Å². The first-order chi connectivity index (χ1) is 8.15. The van der Waals surface area contributed by atoms with Gasteiger partial charge >= 0.3 is 5.97 Å². The molecule has 4 nitrogen and oxygen atoms in total. The zero-order chi connectivity index (χ0) is 12.7. The topological polar surface area (TPSA) is 44.1 Å². The van der Waals surface area contributed by atoms with Crippen molar-refractivity contribution in [1.82, 2.24) is 9.55 Å². The number of aromatic nitrogens is 2. The van der Waals surface area contributed by atoms with Gasteiger partial charge in [-0.2, -0.15) is 0 Å². The fraction of sp³-hybridized carbons (Fsp3) is 0.692. The third-order valence-electron chi connectivity index (χ3n) is 2.93. The van der Waals surface area contributed by atoms with E-state index in [4.69, 9.17) is 4.74 Å². The molecule has 0 saturated heterocycles. The number of imidazole rings is 1. The van der Waals surface area contributed by atoms with Crippen molar-refractivity contribution in [1.29, 1.82) is 0 Å². The van der Waals surface area contributed by atoms with E-state index in [1.54, 1.807) is 0 Å². The second-order valence-corrected chi connectivity index (χ2v) is 4.22. The maximum Gasteiger partial charge on any atom is 0.305 e. The highest BCUT2D eigenvalue weighted by Gasteiger charge is 2.03. The van der Waals surface area contributed by atoms with Gasteiger partial charge in [0.2, 0.25) is 0 Å². The summed E-state index contributed by atoms with van der Waals surface area (Å²) in [7, 11) is 0. The lowest BCUT2D eigenvalue weighted by Gasteiger charge is -2.05. The third-order valence-corrected chi connectivity index (χ3v) is 2.93. The molecule has 17 heavy (non-hydrogen) atoms. The molecule has 0 unspecified atom stereocenters. The van der Waals surface area contributed by atoms with E-state index in [9.17, 15) is 4.79 Å². The molecule has 0 bridgehead atoms. The predicted octanol–water partition coefficient (Wildman–Crippen LogP) is 2.62. The molecule has 0 aliphatic rings. The van der Waals surface area contributed by atoms with Gasteiger partial charge in [0.25, 0.3) is 0 Å². The molecular formula is C13H22N2O2. The molecular weight excluding hydrogens is 216 g/mol. The molecule has 4 heteroatoms. The van der Waals surface area contributed by atoms with E-state index in [2.05, 4.69) is 16.5 Å². The average molecular weight is 238 g/mol. The van der Waals surface area contributed by atoms with Gasteiger partial charge in [0, 0.05) is 18.7 Å². The molecule has 1 aromatic rings. The molecule has 0 amide bonds. The van der Waals surface area contributed by atoms with Crippen molar-refractivity contribution in [2.24, 2.45) is 0 Å². The number of hydrogen-bond acceptors (Lipinski definition) is 3. The minimum atomic E-state index is -0.0813. The normalized spacial score (nSPS) is 10.5. The summed E-state index contributed by atoms with van der Waals surface area (Å²) in [6, 6.07) is 0. The summed E-state index contributed by atoms with van der Waals surface area (Å²) < 4.78 is 7.04. The Bertz CT molecular complexity index is 358. The Balaban J connectivity index is 2.12. The Morgan fingerprint density at radius 1 is 1.35 bits per heavy atom. The maximum absolute atomic E-state index is 11.1. The average Bonchev–Trinajstić information content (AvgIpc) is 2.60. The van der Waals surface area contributed by atoms with Crippen LogP contribution in [0.2, 0.25) is 0 Å². The van der Waals surface area contributed by atoms with E-state index in [-0.39, 0.29) is 5.97 Å². The van der Waals surface area contributed by atoms with Crippen molar-refractivity contribution in [3.63, 3.8) is 0 Å². The van der Waals surface area contributed by atoms with Gasteiger partial charge in [-0.25, -0.2) is 4.98 Å². The molecule has 0 spiro atoms. The van der Waals surface area contributed by atoms with Gasteiger partial charge in [-0.1, -0.05) is 6.42 Å². The highest BCUT2D eigenvalue weighted by atomic mass is 16.5. The molecule has 0 N–H and O–H groups in total. The van der Waals surface area contributed by atoms with Crippen LogP contribution in [0.4, 0.5) is 0 Å². The Hall–Kier alpha value is -1.32. The van der Waals surface area contributed by atoms with Crippen molar-refractivity contribution < 1.29 is 9.53 Å². The zero-order valence-electron chi connectivity index (χ0n) is 11.0. The van der Waals surface area contributed by atoms with E-state index in [1.165, 1.54) is 5.69 Å². The second kappa shape index (κ2) is 7.09. The van der Waals surface area contributed by atoms with Crippen LogP contribution >= 0.6 is 0 Å². The summed E-state index contributed by atoms with van der Waals surface area (Å²) in [5.41, 5.74) is 2.33. The number of esters is 1. The number of rotatable bonds is 7. The zero-order valence-corrected chi connectivity index (χ0v) is 11.0. The molecule has 0 atom stereocenters. The Kier molecular flexibility index (Phi) is 5.73. The van der Waals surface area contributed by atoms with Gasteiger partial charge in [-0.3, -0.25) is 4.79 Å². The highest BCUT2D eigenvalue weighted by Crippen LogP contribution is 2.08. The molecule has 1 rings (SSSR count). The molecule has 96 valence electrons. The van der Waals surface area contributed by atoms with E-state index in [0.717, 1.165) is 31.5 Å². The van der Waals surface area contributed by atoms with E-state index in [1.807, 2.05) is 20.2 Å². The van der Waals surface area contributed by atoms with E-state index >= 15 is 0 Å². The molecule has 0 aliphatic heterocycles. The summed E-state index contributed by atoms with van der Waals surface area (Å²) in [6.07, 6.45) is 5.46. The molecule has 0 radical (unpaired) electrons. The van der Waals surface area contributed by atoms with Crippen molar-refractivity contribution in [3.8, 4) is 0 Å². The SMILES string of the molecule is CCOC(=O)CCCCCn1cnc(C)c1C. The Labute approximate surface area is 103 Å². The lowest BCUT2D eigenvalue weighted by atomic mass is 10.2. The van der Waals surface area contributed by atoms with E-state index < -0.39 is 0 Å². The molecule has 0 fully saturated rings. The first-order valence-electron chi connectivity index (χ1n) is 6.29. The second-order valence-electron chi connectivity index (χ2n) is 4.22. The maximum atomic E-state index is 11.1. The number of ether oxygens (including phenoxy) is 1. The largest absolute Gasteiger partial charge is 0.466 e. The van der Waals surface area contributed by atoms with Crippen LogP contribution in [0.15, 0.2) is 6.33 Å². The van der Waals surface area contributed by atoms with Gasteiger partial charge in [-0.15, -0.1) is 0 Å². The minimum Gasteiger partial charge on any atom is -0.466 e. The standard InChI is InChI=1S/C13H22N2O2/c1-4-17-13(16)8-6-5-7-9-15-10-14-11(2)12(15)3/h10H,4-9H2,1-3H3. The lowest BCUT2D eigenvalue weighted by Crippen LogP contribution is -2.04. The number of carbonyl (C=O) groups is 1. The van der Waals surface area contributed by atoms with Gasteiger partial charge in [-0.05, 0) is 33.6 Å². The van der Waals surface area contributed by atoms with Crippen LogP contribution in [-0.4, -0.2) is 22.1 Å². The van der Waals surface area contributed by atoms with Gasteiger partial charge < -0.3 is 9.30 Å². The molecule has 0 saturated carbocycles. The third kappa shape index (κ3) is 4.59. The number of nitrogens with zero attached hydrogens (tertiary/aromatic N) is 2. The number of aryl methyl sites for hydroxylation is 2. The highest BCUT2D eigenvalue weighted by molar-refractivity contribution is 5.69. The summed E-state index contributed by atoms with van der Waals surface area (Å²) in [4.78, 5) is 15.4. The van der Waals surface area contributed by atoms with Crippen molar-refractivity contribution in [2.75, 3.05) is 6.61 Å². The number of unbranched alkanes of at least 4 members (excludes halogenated alkanes) is 2. The summed E-state index contributed by atoms with van der Waals surface area (Å²) >= 11 is 0. The van der Waals surface area contributed by atoms with Crippen molar-refractivity contribution in [3.05, 3.63) is 17.7 Å². The van der Waals surface area contributed by atoms with Gasteiger partial charge in [0.1, 0.15) is 0 Å². The Morgan fingerprint density at radius 3 is 2.71 bits per heavy atom. The molecule has 0 aromatic carbocycles. The smallest absolute Gasteiger partial charge is 0.305 e. The molecule has 1 aromatic heterocycles. The Morgan fingerprint density at radius 2 is 2.12 bits per heavy atom. The van der Waals surface area contributed by atoms with Crippen molar-refractivity contribution >= 4 is 5.97 Å². The minimum absolute atomic E-state index is 0.0813. The molecule has 0 aliphatic carbocycles. The lowest BCUT2D eigenvalue weighted by molar-refractivity contribution is -0.143. The summed E-state index contributed by atoms with van der Waals surface area (Å²) in [5.74, 6) is -0.0813. The summed E-state index contributed by atoms with van der Waals surface area (Å²) in [6.45, 7) is 7.40. The fourth-order valence-electron chi connectivity index (χ4n) is 1.73. The van der Waals surface area contributed by atoms with Crippen LogP contribution < -0.4 is 0 Å². The van der Waals surface area contributed by atoms with Crippen LogP contribution in [0.1, 0.15) is 44.0 Å².